The van der Waals surface area contributed by atoms with Crippen LogP contribution in [-0.4, -0.2) is 29.9 Å². The molecule has 1 saturated heterocycles. The average Bonchev–Trinajstić information content (AvgIpc) is 2.67. The third-order valence-corrected chi connectivity index (χ3v) is 1.99. The van der Waals surface area contributed by atoms with Crippen LogP contribution in [0.3, 0.4) is 0 Å². The molecule has 72 valence electrons. The molecule has 2 rings (SSSR count). The topological polar surface area (TPSA) is 60.2 Å². The van der Waals surface area contributed by atoms with Crippen LogP contribution in [0.15, 0.2) is 4.42 Å². The lowest BCUT2D eigenvalue weighted by Gasteiger charge is -2.20. The first kappa shape index (κ1) is 8.65. The van der Waals surface area contributed by atoms with Gasteiger partial charge in [-0.25, -0.2) is 0 Å². The highest BCUT2D eigenvalue weighted by atomic mass is 16.5. The molecule has 5 nitrogen and oxygen atoms in total. The van der Waals surface area contributed by atoms with Gasteiger partial charge in [-0.3, -0.25) is 0 Å². The summed E-state index contributed by atoms with van der Waals surface area (Å²) in [5.41, 5.74) is 0. The predicted octanol–water partition coefficient (Wildman–Crippen LogP) is 0.293. The normalized spacial score (nSPS) is 23.3. The number of nitrogens with one attached hydrogen (secondary N) is 1. The molecule has 1 fully saturated rings. The van der Waals surface area contributed by atoms with E-state index in [4.69, 9.17) is 9.15 Å². The van der Waals surface area contributed by atoms with Gasteiger partial charge in [0, 0.05) is 19.5 Å². The molecule has 0 bridgehead atoms. The zero-order valence-electron chi connectivity index (χ0n) is 7.62. The molecule has 1 atom stereocenters. The van der Waals surface area contributed by atoms with Crippen molar-refractivity contribution < 1.29 is 9.15 Å². The number of hydrogen-bond donors (Lipinski definition) is 1. The van der Waals surface area contributed by atoms with E-state index in [-0.39, 0.29) is 6.10 Å². The van der Waals surface area contributed by atoms with Gasteiger partial charge in [0.05, 0.1) is 6.61 Å². The fraction of sp³-hybridized carbons (Fsp3) is 0.750. The fourth-order valence-corrected chi connectivity index (χ4v) is 1.26. The van der Waals surface area contributed by atoms with Gasteiger partial charge in [0.2, 0.25) is 11.8 Å². The third kappa shape index (κ3) is 1.87. The smallest absolute Gasteiger partial charge is 0.246 e. The summed E-state index contributed by atoms with van der Waals surface area (Å²) in [7, 11) is 0. The Hall–Kier alpha value is -0.940. The Kier molecular flexibility index (Phi) is 2.56. The Bertz CT molecular complexity index is 268. The van der Waals surface area contributed by atoms with E-state index in [1.807, 2.05) is 6.92 Å². The van der Waals surface area contributed by atoms with Crippen LogP contribution in [0.2, 0.25) is 0 Å². The zero-order chi connectivity index (χ0) is 9.10. The van der Waals surface area contributed by atoms with E-state index in [2.05, 4.69) is 15.5 Å². The second-order valence-corrected chi connectivity index (χ2v) is 2.95. The molecule has 1 aliphatic heterocycles. The Balaban J connectivity index is 2.05. The maximum absolute atomic E-state index is 5.46. The maximum Gasteiger partial charge on any atom is 0.246 e. The molecule has 0 aromatic carbocycles. The van der Waals surface area contributed by atoms with E-state index >= 15 is 0 Å². The van der Waals surface area contributed by atoms with Crippen molar-refractivity contribution in [2.45, 2.75) is 19.4 Å². The molecular weight excluding hydrogens is 170 g/mol. The van der Waals surface area contributed by atoms with Crippen molar-refractivity contribution in [3.05, 3.63) is 11.8 Å². The summed E-state index contributed by atoms with van der Waals surface area (Å²) in [6, 6.07) is 0. The van der Waals surface area contributed by atoms with Crippen molar-refractivity contribution in [1.82, 2.24) is 15.5 Å². The summed E-state index contributed by atoms with van der Waals surface area (Å²) in [4.78, 5) is 0. The van der Waals surface area contributed by atoms with Crippen molar-refractivity contribution in [3.8, 4) is 0 Å². The minimum atomic E-state index is -0.0680. The van der Waals surface area contributed by atoms with E-state index in [0.717, 1.165) is 19.5 Å². The molecule has 0 aliphatic carbocycles. The molecule has 2 heterocycles. The van der Waals surface area contributed by atoms with Crippen LogP contribution in [0.1, 0.15) is 24.8 Å². The Labute approximate surface area is 76.5 Å². The molecule has 0 spiro atoms. The SMILES string of the molecule is CCc1nnc(C2CNCCO2)o1. The summed E-state index contributed by atoms with van der Waals surface area (Å²) in [5.74, 6) is 1.26. The van der Waals surface area contributed by atoms with Gasteiger partial charge in [-0.2, -0.15) is 0 Å². The summed E-state index contributed by atoms with van der Waals surface area (Å²) in [6.45, 7) is 4.34. The van der Waals surface area contributed by atoms with Gasteiger partial charge in [0.15, 0.2) is 0 Å². The van der Waals surface area contributed by atoms with Crippen LogP contribution in [0.5, 0.6) is 0 Å². The number of aromatic nitrogens is 2. The molecule has 1 aromatic rings. The van der Waals surface area contributed by atoms with E-state index < -0.39 is 0 Å². The minimum Gasteiger partial charge on any atom is -0.422 e. The average molecular weight is 183 g/mol. The number of nitrogens with zero attached hydrogens (tertiary/aromatic N) is 2. The van der Waals surface area contributed by atoms with Gasteiger partial charge < -0.3 is 14.5 Å². The van der Waals surface area contributed by atoms with Gasteiger partial charge in [-0.15, -0.1) is 10.2 Å². The molecule has 13 heavy (non-hydrogen) atoms. The van der Waals surface area contributed by atoms with Gasteiger partial charge >= 0.3 is 0 Å². The molecular formula is C8H13N3O2. The van der Waals surface area contributed by atoms with Gasteiger partial charge in [0.1, 0.15) is 6.10 Å². The van der Waals surface area contributed by atoms with E-state index in [1.165, 1.54) is 0 Å². The zero-order valence-corrected chi connectivity index (χ0v) is 7.62. The number of hydrogen-bond acceptors (Lipinski definition) is 5. The Morgan fingerprint density at radius 1 is 1.54 bits per heavy atom. The lowest BCUT2D eigenvalue weighted by molar-refractivity contribution is 0.0102. The summed E-state index contributed by atoms with van der Waals surface area (Å²) < 4.78 is 10.8. The van der Waals surface area contributed by atoms with E-state index in [1.54, 1.807) is 0 Å². The minimum absolute atomic E-state index is 0.0680. The van der Waals surface area contributed by atoms with Gasteiger partial charge in [0.25, 0.3) is 0 Å². The standard InChI is InChI=1S/C8H13N3O2/c1-2-7-10-11-8(13-7)6-5-9-3-4-12-6/h6,9H,2-5H2,1H3. The van der Waals surface area contributed by atoms with Crippen LogP contribution in [0, 0.1) is 0 Å². The highest BCUT2D eigenvalue weighted by Crippen LogP contribution is 2.16. The molecule has 0 amide bonds. The first-order valence-corrected chi connectivity index (χ1v) is 4.54. The van der Waals surface area contributed by atoms with E-state index in [9.17, 15) is 0 Å². The first-order chi connectivity index (χ1) is 6.40. The highest BCUT2D eigenvalue weighted by Gasteiger charge is 2.21. The van der Waals surface area contributed by atoms with Gasteiger partial charge in [-0.05, 0) is 0 Å². The van der Waals surface area contributed by atoms with Crippen LogP contribution in [-0.2, 0) is 11.2 Å². The van der Waals surface area contributed by atoms with Crippen molar-refractivity contribution >= 4 is 0 Å². The Morgan fingerprint density at radius 2 is 2.46 bits per heavy atom. The van der Waals surface area contributed by atoms with Crippen molar-refractivity contribution in [2.24, 2.45) is 0 Å². The molecule has 0 radical (unpaired) electrons. The fourth-order valence-electron chi connectivity index (χ4n) is 1.26. The van der Waals surface area contributed by atoms with Crippen molar-refractivity contribution in [3.63, 3.8) is 0 Å². The second-order valence-electron chi connectivity index (χ2n) is 2.95. The van der Waals surface area contributed by atoms with Crippen LogP contribution < -0.4 is 5.32 Å². The van der Waals surface area contributed by atoms with Gasteiger partial charge in [-0.1, -0.05) is 6.92 Å². The number of rotatable bonds is 2. The largest absolute Gasteiger partial charge is 0.422 e. The predicted molar refractivity (Wildman–Crippen MR) is 45.2 cm³/mol. The molecule has 5 heteroatoms. The van der Waals surface area contributed by atoms with Crippen LogP contribution in [0.25, 0.3) is 0 Å². The molecule has 0 saturated carbocycles. The molecule has 1 aromatic heterocycles. The summed E-state index contributed by atoms with van der Waals surface area (Å²) in [5, 5.41) is 11.0. The molecule has 1 aliphatic rings. The van der Waals surface area contributed by atoms with E-state index in [0.29, 0.717) is 18.4 Å². The van der Waals surface area contributed by atoms with Crippen molar-refractivity contribution in [1.29, 1.82) is 0 Å². The third-order valence-electron chi connectivity index (χ3n) is 1.99. The number of morpholine rings is 1. The summed E-state index contributed by atoms with van der Waals surface area (Å²) in [6.07, 6.45) is 0.703. The lowest BCUT2D eigenvalue weighted by atomic mass is 10.3. The Morgan fingerprint density at radius 3 is 3.08 bits per heavy atom. The van der Waals surface area contributed by atoms with Crippen LogP contribution in [0.4, 0.5) is 0 Å². The second kappa shape index (κ2) is 3.85. The van der Waals surface area contributed by atoms with Crippen LogP contribution >= 0.6 is 0 Å². The lowest BCUT2D eigenvalue weighted by Crippen LogP contribution is -2.33. The first-order valence-electron chi connectivity index (χ1n) is 4.54. The summed E-state index contributed by atoms with van der Waals surface area (Å²) >= 11 is 0. The number of ether oxygens (including phenoxy) is 1. The molecule has 1 unspecified atom stereocenters. The number of aryl methyl sites for hydroxylation is 1. The van der Waals surface area contributed by atoms with Crippen molar-refractivity contribution in [2.75, 3.05) is 19.7 Å². The quantitative estimate of drug-likeness (QED) is 0.714. The molecule has 1 N–H and O–H groups in total. The highest BCUT2D eigenvalue weighted by molar-refractivity contribution is 4.89. The maximum atomic E-state index is 5.46. The monoisotopic (exact) mass is 183 g/mol.